The van der Waals surface area contributed by atoms with Crippen LogP contribution in [-0.2, 0) is 11.3 Å². The maximum Gasteiger partial charge on any atom is 0.374 e. The maximum absolute atomic E-state index is 12.7. The molecule has 0 atom stereocenters. The molecule has 5 aromatic rings. The number of aromatic nitrogens is 1. The number of hydrogen-bond donors (Lipinski definition) is 1. The van der Waals surface area contributed by atoms with Crippen LogP contribution in [0.3, 0.4) is 0 Å². The molecular formula is C25H20N2O3S. The number of carbonyl (C=O) groups excluding carboxylic acids is 1. The molecule has 0 amide bonds. The average Bonchev–Trinajstić information content (AvgIpc) is 3.38. The van der Waals surface area contributed by atoms with E-state index in [1.807, 2.05) is 79.9 Å². The van der Waals surface area contributed by atoms with E-state index < -0.39 is 5.97 Å². The molecule has 1 N–H and O–H groups in total. The third-order valence-corrected chi connectivity index (χ3v) is 6.03. The van der Waals surface area contributed by atoms with Crippen molar-refractivity contribution < 1.29 is 13.9 Å². The van der Waals surface area contributed by atoms with Crippen molar-refractivity contribution in [2.24, 2.45) is 0 Å². The molecule has 2 heterocycles. The minimum Gasteiger partial charge on any atom is -0.453 e. The van der Waals surface area contributed by atoms with Gasteiger partial charge in [0.05, 0.1) is 5.69 Å². The minimum absolute atomic E-state index is 0.0855. The second-order valence-corrected chi connectivity index (χ2v) is 8.29. The Morgan fingerprint density at radius 1 is 1.03 bits per heavy atom. The first kappa shape index (κ1) is 19.3. The molecule has 0 fully saturated rings. The first-order chi connectivity index (χ1) is 15.1. The third kappa shape index (κ3) is 3.78. The van der Waals surface area contributed by atoms with Gasteiger partial charge in [0.1, 0.15) is 12.2 Å². The Morgan fingerprint density at radius 3 is 2.68 bits per heavy atom. The summed E-state index contributed by atoms with van der Waals surface area (Å²) in [6.45, 7) is 4.01. The van der Waals surface area contributed by atoms with Crippen molar-refractivity contribution >= 4 is 49.9 Å². The Bertz CT molecular complexity index is 1400. The SMILES string of the molecule is Cc1ccc(Nc2nc(COC(=O)c3oc4c(ccc5ccccc54)c3C)cs2)cc1. The molecule has 0 saturated heterocycles. The second kappa shape index (κ2) is 7.89. The number of anilines is 2. The standard InChI is InChI=1S/C25H20N2O3S/c1-15-7-10-18(11-8-15)26-25-27-19(14-31-25)13-29-24(28)22-16(2)20-12-9-17-5-3-4-6-21(17)23(20)30-22/h3-12,14H,13H2,1-2H3,(H,26,27). The maximum atomic E-state index is 12.7. The number of rotatable bonds is 5. The smallest absolute Gasteiger partial charge is 0.374 e. The van der Waals surface area contributed by atoms with Gasteiger partial charge < -0.3 is 14.5 Å². The zero-order valence-corrected chi connectivity index (χ0v) is 18.0. The van der Waals surface area contributed by atoms with Gasteiger partial charge in [0.2, 0.25) is 5.76 Å². The van der Waals surface area contributed by atoms with Gasteiger partial charge >= 0.3 is 5.97 Å². The van der Waals surface area contributed by atoms with E-state index in [0.29, 0.717) is 11.3 Å². The molecule has 0 aliphatic rings. The molecule has 154 valence electrons. The summed E-state index contributed by atoms with van der Waals surface area (Å²) >= 11 is 1.47. The highest BCUT2D eigenvalue weighted by Crippen LogP contribution is 2.32. The van der Waals surface area contributed by atoms with Crippen LogP contribution < -0.4 is 5.32 Å². The number of fused-ring (bicyclic) bond motifs is 3. The molecule has 2 aromatic heterocycles. The summed E-state index contributed by atoms with van der Waals surface area (Å²) < 4.78 is 11.5. The number of esters is 1. The summed E-state index contributed by atoms with van der Waals surface area (Å²) in [4.78, 5) is 17.2. The average molecular weight is 429 g/mol. The van der Waals surface area contributed by atoms with Crippen LogP contribution in [0.1, 0.15) is 27.4 Å². The monoisotopic (exact) mass is 428 g/mol. The molecule has 5 nitrogen and oxygen atoms in total. The fraction of sp³-hybridized carbons (Fsp3) is 0.120. The van der Waals surface area contributed by atoms with Crippen LogP contribution in [-0.4, -0.2) is 11.0 Å². The highest BCUT2D eigenvalue weighted by molar-refractivity contribution is 7.13. The largest absolute Gasteiger partial charge is 0.453 e. The zero-order valence-electron chi connectivity index (χ0n) is 17.1. The summed E-state index contributed by atoms with van der Waals surface area (Å²) in [5.41, 5.74) is 4.35. The van der Waals surface area contributed by atoms with Crippen molar-refractivity contribution in [2.45, 2.75) is 20.5 Å². The number of nitrogens with zero attached hydrogens (tertiary/aromatic N) is 1. The van der Waals surface area contributed by atoms with Crippen LogP contribution in [0.5, 0.6) is 0 Å². The molecule has 0 spiro atoms. The summed E-state index contributed by atoms with van der Waals surface area (Å²) in [6.07, 6.45) is 0. The molecule has 0 aliphatic carbocycles. The first-order valence-electron chi connectivity index (χ1n) is 9.94. The predicted octanol–water partition coefficient (Wildman–Crippen LogP) is 6.76. The fourth-order valence-corrected chi connectivity index (χ4v) is 4.26. The van der Waals surface area contributed by atoms with Crippen molar-refractivity contribution in [1.29, 1.82) is 0 Å². The van der Waals surface area contributed by atoms with Crippen molar-refractivity contribution in [3.8, 4) is 0 Å². The molecule has 5 rings (SSSR count). The Balaban J connectivity index is 1.31. The van der Waals surface area contributed by atoms with Crippen molar-refractivity contribution in [3.63, 3.8) is 0 Å². The molecule has 3 aromatic carbocycles. The molecule has 31 heavy (non-hydrogen) atoms. The van der Waals surface area contributed by atoms with Crippen LogP contribution in [0.4, 0.5) is 10.8 Å². The molecule has 0 radical (unpaired) electrons. The van der Waals surface area contributed by atoms with E-state index in [0.717, 1.165) is 32.5 Å². The van der Waals surface area contributed by atoms with E-state index in [1.54, 1.807) is 0 Å². The lowest BCUT2D eigenvalue weighted by Crippen LogP contribution is -2.05. The van der Waals surface area contributed by atoms with Gasteiger partial charge in [0.15, 0.2) is 5.13 Å². The van der Waals surface area contributed by atoms with Gasteiger partial charge in [0, 0.05) is 27.4 Å². The van der Waals surface area contributed by atoms with Gasteiger partial charge in [-0.2, -0.15) is 0 Å². The number of ether oxygens (including phenoxy) is 1. The molecule has 6 heteroatoms. The summed E-state index contributed by atoms with van der Waals surface area (Å²) in [5, 5.41) is 8.86. The lowest BCUT2D eigenvalue weighted by atomic mass is 10.1. The summed E-state index contributed by atoms with van der Waals surface area (Å²) in [7, 11) is 0. The molecule has 0 bridgehead atoms. The Labute approximate surface area is 183 Å². The van der Waals surface area contributed by atoms with Crippen molar-refractivity contribution in [3.05, 3.63) is 88.6 Å². The lowest BCUT2D eigenvalue weighted by molar-refractivity contribution is 0.0433. The number of carbonyl (C=O) groups is 1. The Hall–Kier alpha value is -3.64. The summed E-state index contributed by atoms with van der Waals surface area (Å²) in [6, 6.07) is 20.1. The van der Waals surface area contributed by atoms with E-state index in [2.05, 4.69) is 10.3 Å². The minimum atomic E-state index is -0.487. The topological polar surface area (TPSA) is 64.4 Å². The zero-order chi connectivity index (χ0) is 21.4. The van der Waals surface area contributed by atoms with Crippen LogP contribution in [0.2, 0.25) is 0 Å². The van der Waals surface area contributed by atoms with Crippen LogP contribution >= 0.6 is 11.3 Å². The number of benzene rings is 3. The van der Waals surface area contributed by atoms with Gasteiger partial charge in [-0.1, -0.05) is 54.1 Å². The number of aryl methyl sites for hydroxylation is 2. The van der Waals surface area contributed by atoms with Gasteiger partial charge in [-0.25, -0.2) is 9.78 Å². The van der Waals surface area contributed by atoms with E-state index in [1.165, 1.54) is 16.9 Å². The normalized spacial score (nSPS) is 11.2. The molecule has 0 saturated carbocycles. The highest BCUT2D eigenvalue weighted by atomic mass is 32.1. The molecule has 0 unspecified atom stereocenters. The lowest BCUT2D eigenvalue weighted by Gasteiger charge is -2.03. The van der Waals surface area contributed by atoms with Gasteiger partial charge in [0.25, 0.3) is 0 Å². The number of thiazole rings is 1. The van der Waals surface area contributed by atoms with Gasteiger partial charge in [-0.3, -0.25) is 0 Å². The number of nitrogens with one attached hydrogen (secondary N) is 1. The Morgan fingerprint density at radius 2 is 1.84 bits per heavy atom. The van der Waals surface area contributed by atoms with Crippen molar-refractivity contribution in [1.82, 2.24) is 4.98 Å². The number of furan rings is 1. The van der Waals surface area contributed by atoms with Crippen molar-refractivity contribution in [2.75, 3.05) is 5.32 Å². The van der Waals surface area contributed by atoms with Crippen LogP contribution in [0, 0.1) is 13.8 Å². The van der Waals surface area contributed by atoms with E-state index in [-0.39, 0.29) is 12.4 Å². The quantitative estimate of drug-likeness (QED) is 0.313. The summed E-state index contributed by atoms with van der Waals surface area (Å²) in [5.74, 6) is -0.251. The van der Waals surface area contributed by atoms with Gasteiger partial charge in [-0.15, -0.1) is 11.3 Å². The third-order valence-electron chi connectivity index (χ3n) is 5.22. The Kier molecular flexibility index (Phi) is 4.92. The highest BCUT2D eigenvalue weighted by Gasteiger charge is 2.20. The fourth-order valence-electron chi connectivity index (χ4n) is 3.54. The molecule has 0 aliphatic heterocycles. The van der Waals surface area contributed by atoms with E-state index in [4.69, 9.17) is 9.15 Å². The van der Waals surface area contributed by atoms with Crippen LogP contribution in [0.15, 0.2) is 70.5 Å². The van der Waals surface area contributed by atoms with Gasteiger partial charge in [-0.05, 0) is 31.4 Å². The first-order valence-corrected chi connectivity index (χ1v) is 10.8. The molecular weight excluding hydrogens is 408 g/mol. The predicted molar refractivity (Wildman–Crippen MR) is 124 cm³/mol. The van der Waals surface area contributed by atoms with E-state index in [9.17, 15) is 4.79 Å². The second-order valence-electron chi connectivity index (χ2n) is 7.43. The van der Waals surface area contributed by atoms with Crippen LogP contribution in [0.25, 0.3) is 21.7 Å². The van der Waals surface area contributed by atoms with E-state index >= 15 is 0 Å². The number of hydrogen-bond acceptors (Lipinski definition) is 6.